The summed E-state index contributed by atoms with van der Waals surface area (Å²) >= 11 is 3.93. The van der Waals surface area contributed by atoms with Crippen LogP contribution in [0.1, 0.15) is 40.0 Å². The van der Waals surface area contributed by atoms with Crippen molar-refractivity contribution in [1.82, 2.24) is 5.32 Å². The molecule has 2 fully saturated rings. The van der Waals surface area contributed by atoms with Crippen LogP contribution >= 0.6 is 23.5 Å². The molecule has 122 valence electrons. The van der Waals surface area contributed by atoms with E-state index < -0.39 is 0 Å². The van der Waals surface area contributed by atoms with Crippen molar-refractivity contribution < 1.29 is 9.53 Å². The molecular formula is C16H29NO2S2. The number of amides is 1. The third kappa shape index (κ3) is 5.68. The first-order valence-corrected chi connectivity index (χ1v) is 10.2. The van der Waals surface area contributed by atoms with Gasteiger partial charge in [0, 0.05) is 48.0 Å². The highest BCUT2D eigenvalue weighted by molar-refractivity contribution is 8.06. The molecule has 0 bridgehead atoms. The van der Waals surface area contributed by atoms with Crippen molar-refractivity contribution in [2.45, 2.75) is 51.4 Å². The Morgan fingerprint density at radius 3 is 2.81 bits per heavy atom. The molecule has 2 aliphatic rings. The Kier molecular flexibility index (Phi) is 6.76. The molecule has 5 heteroatoms. The van der Waals surface area contributed by atoms with Gasteiger partial charge in [-0.15, -0.1) is 0 Å². The van der Waals surface area contributed by atoms with E-state index in [1.54, 1.807) is 0 Å². The van der Waals surface area contributed by atoms with Gasteiger partial charge in [-0.3, -0.25) is 4.79 Å². The molecule has 2 saturated heterocycles. The maximum absolute atomic E-state index is 12.1. The van der Waals surface area contributed by atoms with Gasteiger partial charge in [0.25, 0.3) is 0 Å². The maximum atomic E-state index is 12.1. The lowest BCUT2D eigenvalue weighted by atomic mass is 9.78. The van der Waals surface area contributed by atoms with Gasteiger partial charge in [-0.05, 0) is 18.3 Å². The molecule has 2 aliphatic heterocycles. The summed E-state index contributed by atoms with van der Waals surface area (Å²) in [7, 11) is 0. The van der Waals surface area contributed by atoms with Gasteiger partial charge in [-0.1, -0.05) is 20.8 Å². The highest BCUT2D eigenvalue weighted by atomic mass is 32.2. The topological polar surface area (TPSA) is 38.3 Å². The fraction of sp³-hybridized carbons (Fsp3) is 0.938. The average Bonchev–Trinajstić information content (AvgIpc) is 2.45. The monoisotopic (exact) mass is 331 g/mol. The molecule has 0 aliphatic carbocycles. The van der Waals surface area contributed by atoms with Gasteiger partial charge in [0.15, 0.2) is 0 Å². The van der Waals surface area contributed by atoms with Crippen LogP contribution in [0, 0.1) is 11.3 Å². The lowest BCUT2D eigenvalue weighted by Crippen LogP contribution is -2.45. The maximum Gasteiger partial charge on any atom is 0.221 e. The van der Waals surface area contributed by atoms with Crippen molar-refractivity contribution in [3.8, 4) is 0 Å². The van der Waals surface area contributed by atoms with Crippen LogP contribution in [-0.4, -0.2) is 47.7 Å². The van der Waals surface area contributed by atoms with Crippen molar-refractivity contribution in [3.63, 3.8) is 0 Å². The molecule has 0 aromatic carbocycles. The van der Waals surface area contributed by atoms with Gasteiger partial charge in [0.1, 0.15) is 0 Å². The summed E-state index contributed by atoms with van der Waals surface area (Å²) < 4.78 is 5.98. The molecule has 21 heavy (non-hydrogen) atoms. The van der Waals surface area contributed by atoms with Crippen LogP contribution in [0.2, 0.25) is 0 Å². The number of thioether (sulfide) groups is 2. The standard InChI is InChI=1S/C16H29NO2S2/c1-16(2,3)15-12(5-4-6-19-15)10-17-14(18)9-13-11-20-7-8-21-13/h12-13,15H,4-11H2,1-3H3,(H,17,18)/t12-,13+,15+/m0/s1. The van der Waals surface area contributed by atoms with E-state index >= 15 is 0 Å². The minimum atomic E-state index is 0.145. The molecule has 3 nitrogen and oxygen atoms in total. The number of ether oxygens (including phenoxy) is 1. The first-order chi connectivity index (χ1) is 9.97. The summed E-state index contributed by atoms with van der Waals surface area (Å²) in [4.78, 5) is 12.1. The largest absolute Gasteiger partial charge is 0.377 e. The van der Waals surface area contributed by atoms with Crippen molar-refractivity contribution in [2.75, 3.05) is 30.4 Å². The van der Waals surface area contributed by atoms with E-state index in [-0.39, 0.29) is 17.4 Å². The number of hydrogen-bond donors (Lipinski definition) is 1. The minimum Gasteiger partial charge on any atom is -0.377 e. The van der Waals surface area contributed by atoms with E-state index in [1.165, 1.54) is 11.5 Å². The second-order valence-electron chi connectivity index (χ2n) is 7.14. The van der Waals surface area contributed by atoms with E-state index in [9.17, 15) is 4.79 Å². The predicted molar refractivity (Wildman–Crippen MR) is 93.1 cm³/mol. The fourth-order valence-corrected chi connectivity index (χ4v) is 5.87. The highest BCUT2D eigenvalue weighted by Gasteiger charge is 2.35. The van der Waals surface area contributed by atoms with Crippen LogP contribution in [0.3, 0.4) is 0 Å². The van der Waals surface area contributed by atoms with Crippen molar-refractivity contribution in [1.29, 1.82) is 0 Å². The van der Waals surface area contributed by atoms with Gasteiger partial charge >= 0.3 is 0 Å². The molecule has 0 aromatic rings. The number of hydrogen-bond acceptors (Lipinski definition) is 4. The second-order valence-corrected chi connectivity index (χ2v) is 9.69. The molecule has 0 radical (unpaired) electrons. The van der Waals surface area contributed by atoms with E-state index in [0.29, 0.717) is 17.6 Å². The first kappa shape index (κ1) is 17.5. The first-order valence-electron chi connectivity index (χ1n) is 8.04. The van der Waals surface area contributed by atoms with Gasteiger partial charge in [-0.25, -0.2) is 0 Å². The molecule has 0 unspecified atom stereocenters. The average molecular weight is 332 g/mol. The van der Waals surface area contributed by atoms with E-state index in [1.807, 2.05) is 23.5 Å². The van der Waals surface area contributed by atoms with Crippen molar-refractivity contribution in [3.05, 3.63) is 0 Å². The summed E-state index contributed by atoms with van der Waals surface area (Å²) in [6.07, 6.45) is 3.20. The number of carbonyl (C=O) groups excluding carboxylic acids is 1. The lowest BCUT2D eigenvalue weighted by molar-refractivity contribution is -0.122. The SMILES string of the molecule is CC(C)(C)[C@@H]1OCCC[C@H]1CNC(=O)C[C@@H]1CSCCS1. The number of carbonyl (C=O) groups is 1. The quantitative estimate of drug-likeness (QED) is 0.859. The van der Waals surface area contributed by atoms with E-state index in [0.717, 1.165) is 31.7 Å². The van der Waals surface area contributed by atoms with E-state index in [2.05, 4.69) is 26.1 Å². The normalized spacial score (nSPS) is 30.9. The van der Waals surface area contributed by atoms with Crippen LogP contribution in [-0.2, 0) is 9.53 Å². The summed E-state index contributed by atoms with van der Waals surface area (Å²) in [6, 6.07) is 0. The number of nitrogens with one attached hydrogen (secondary N) is 1. The van der Waals surface area contributed by atoms with Crippen LogP contribution in [0.25, 0.3) is 0 Å². The Morgan fingerprint density at radius 2 is 2.14 bits per heavy atom. The predicted octanol–water partition coefficient (Wildman–Crippen LogP) is 3.18. The Morgan fingerprint density at radius 1 is 1.33 bits per heavy atom. The van der Waals surface area contributed by atoms with E-state index in [4.69, 9.17) is 4.74 Å². The molecule has 0 saturated carbocycles. The molecule has 0 aromatic heterocycles. The van der Waals surface area contributed by atoms with Crippen molar-refractivity contribution in [2.24, 2.45) is 11.3 Å². The number of rotatable bonds is 4. The van der Waals surface area contributed by atoms with Gasteiger partial charge in [0.05, 0.1) is 6.10 Å². The van der Waals surface area contributed by atoms with Crippen LogP contribution < -0.4 is 5.32 Å². The third-order valence-corrected chi connectivity index (χ3v) is 7.00. The molecular weight excluding hydrogens is 302 g/mol. The Labute approximate surface area is 137 Å². The summed E-state index contributed by atoms with van der Waals surface area (Å²) in [5, 5.41) is 3.66. The van der Waals surface area contributed by atoms with Crippen LogP contribution in [0.4, 0.5) is 0 Å². The third-order valence-electron chi connectivity index (χ3n) is 4.16. The smallest absolute Gasteiger partial charge is 0.221 e. The fourth-order valence-electron chi connectivity index (χ4n) is 3.19. The highest BCUT2D eigenvalue weighted by Crippen LogP contribution is 2.33. The molecule has 3 atom stereocenters. The molecule has 2 heterocycles. The summed E-state index contributed by atoms with van der Waals surface area (Å²) in [6.45, 7) is 8.32. The zero-order chi connectivity index (χ0) is 15.3. The lowest BCUT2D eigenvalue weighted by Gasteiger charge is -2.40. The van der Waals surface area contributed by atoms with Gasteiger partial charge in [0.2, 0.25) is 5.91 Å². The van der Waals surface area contributed by atoms with Crippen LogP contribution in [0.5, 0.6) is 0 Å². The zero-order valence-corrected chi connectivity index (χ0v) is 15.2. The second kappa shape index (κ2) is 8.11. The molecule has 1 amide bonds. The van der Waals surface area contributed by atoms with Gasteiger partial charge < -0.3 is 10.1 Å². The molecule has 2 rings (SSSR count). The minimum absolute atomic E-state index is 0.145. The Bertz CT molecular complexity index is 338. The van der Waals surface area contributed by atoms with Gasteiger partial charge in [-0.2, -0.15) is 23.5 Å². The summed E-state index contributed by atoms with van der Waals surface area (Å²) in [5.74, 6) is 4.21. The molecule has 0 spiro atoms. The Balaban J connectivity index is 1.76. The summed E-state index contributed by atoms with van der Waals surface area (Å²) in [5.41, 5.74) is 0.145. The molecule has 1 N–H and O–H groups in total. The Hall–Kier alpha value is 0.130. The zero-order valence-electron chi connectivity index (χ0n) is 13.5. The van der Waals surface area contributed by atoms with Crippen molar-refractivity contribution >= 4 is 29.4 Å². The van der Waals surface area contributed by atoms with Crippen LogP contribution in [0.15, 0.2) is 0 Å².